The van der Waals surface area contributed by atoms with Crippen LogP contribution in [0.1, 0.15) is 119 Å². The Kier molecular flexibility index (Phi) is 14.2. The van der Waals surface area contributed by atoms with Crippen LogP contribution in [-0.2, 0) is 36.7 Å². The van der Waals surface area contributed by atoms with Crippen LogP contribution in [0.5, 0.6) is 0 Å². The molecule has 4 nitrogen and oxygen atoms in total. The third-order valence-electron chi connectivity index (χ3n) is 11.8. The number of furan rings is 1. The van der Waals surface area contributed by atoms with Crippen molar-refractivity contribution in [2.24, 2.45) is 16.7 Å². The van der Waals surface area contributed by atoms with Gasteiger partial charge in [0.15, 0.2) is 5.78 Å². The molecule has 0 unspecified atom stereocenters. The van der Waals surface area contributed by atoms with E-state index in [4.69, 9.17) is 9.40 Å². The molecule has 0 aliphatic heterocycles. The van der Waals surface area contributed by atoms with E-state index in [1.807, 2.05) is 47.7 Å². The maximum Gasteiger partial charge on any atom is 0.164 e. The Labute approximate surface area is 347 Å². The van der Waals surface area contributed by atoms with Crippen molar-refractivity contribution in [3.8, 4) is 21.7 Å². The molecule has 1 radical (unpaired) electrons. The summed E-state index contributed by atoms with van der Waals surface area (Å²) in [6, 6.07) is 25.5. The normalized spacial score (nSPS) is 12.6. The smallest absolute Gasteiger partial charge is 0.164 e. The quantitative estimate of drug-likeness (QED) is 0.0799. The summed E-state index contributed by atoms with van der Waals surface area (Å²) in [4.78, 5) is 18.3. The van der Waals surface area contributed by atoms with E-state index in [-0.39, 0.29) is 47.9 Å². The first-order valence-electron chi connectivity index (χ1n) is 19.8. The van der Waals surface area contributed by atoms with E-state index in [1.54, 1.807) is 11.3 Å². The van der Waals surface area contributed by atoms with E-state index in [2.05, 4.69) is 108 Å². The Hall–Kier alpha value is -3.57. The Morgan fingerprint density at radius 3 is 2.16 bits per heavy atom. The van der Waals surface area contributed by atoms with Crippen molar-refractivity contribution in [2.45, 2.75) is 121 Å². The Balaban J connectivity index is 0.000000320. The number of hydrogen-bond donors (Lipinski definition) is 1. The summed E-state index contributed by atoms with van der Waals surface area (Å²) in [7, 11) is 0. The van der Waals surface area contributed by atoms with Crippen LogP contribution >= 0.6 is 11.3 Å². The average Bonchev–Trinajstić information content (AvgIpc) is 3.73. The molecule has 0 aliphatic rings. The minimum atomic E-state index is -0.337. The van der Waals surface area contributed by atoms with Gasteiger partial charge in [0.1, 0.15) is 17.1 Å². The molecule has 3 aromatic heterocycles. The van der Waals surface area contributed by atoms with Crippen molar-refractivity contribution in [2.75, 3.05) is 0 Å². The molecule has 0 spiro atoms. The van der Waals surface area contributed by atoms with Gasteiger partial charge in [-0.1, -0.05) is 117 Å². The van der Waals surface area contributed by atoms with Gasteiger partial charge in [-0.05, 0) is 78.7 Å². The van der Waals surface area contributed by atoms with E-state index in [0.29, 0.717) is 5.92 Å². The van der Waals surface area contributed by atoms with Crippen LogP contribution in [0, 0.1) is 29.7 Å². The molecular formula is C49H60IrNO3S-. The number of allylic oxidation sites excluding steroid dienone is 2. The summed E-state index contributed by atoms with van der Waals surface area (Å²) in [5.41, 5.74) is 6.21. The van der Waals surface area contributed by atoms with Crippen LogP contribution in [0.2, 0.25) is 0 Å². The van der Waals surface area contributed by atoms with Gasteiger partial charge in [0.2, 0.25) is 0 Å². The second-order valence-corrected chi connectivity index (χ2v) is 18.0. The van der Waals surface area contributed by atoms with Crippen LogP contribution in [0.3, 0.4) is 0 Å². The van der Waals surface area contributed by atoms with Crippen LogP contribution in [0.15, 0.2) is 83.1 Å². The molecule has 6 heteroatoms. The molecule has 0 saturated heterocycles. The number of benzene rings is 3. The largest absolute Gasteiger partial charge is 0.512 e. The van der Waals surface area contributed by atoms with Crippen molar-refractivity contribution < 1.29 is 34.4 Å². The number of nitrogens with zero attached hydrogens (tertiary/aromatic N) is 1. The van der Waals surface area contributed by atoms with Gasteiger partial charge in [0.25, 0.3) is 0 Å². The number of thiophene rings is 1. The predicted molar refractivity (Wildman–Crippen MR) is 232 cm³/mol. The van der Waals surface area contributed by atoms with Crippen LogP contribution in [0.25, 0.3) is 53.5 Å². The Bertz CT molecular complexity index is 2290. The van der Waals surface area contributed by atoms with Crippen LogP contribution < -0.4 is 0 Å². The van der Waals surface area contributed by atoms with Crippen molar-refractivity contribution in [3.05, 3.63) is 102 Å². The molecule has 55 heavy (non-hydrogen) atoms. The molecule has 3 aromatic carbocycles. The van der Waals surface area contributed by atoms with E-state index in [9.17, 15) is 9.90 Å². The third kappa shape index (κ3) is 9.36. The summed E-state index contributed by atoms with van der Waals surface area (Å²) in [5, 5.41) is 14.9. The summed E-state index contributed by atoms with van der Waals surface area (Å²) in [6.07, 6.45) is 7.64. The zero-order chi connectivity index (χ0) is 39.6. The molecule has 0 fully saturated rings. The van der Waals surface area contributed by atoms with Gasteiger partial charge in [0, 0.05) is 70.3 Å². The number of fused-ring (bicyclic) bond motifs is 3. The minimum Gasteiger partial charge on any atom is -0.512 e. The van der Waals surface area contributed by atoms with E-state index in [0.717, 1.165) is 60.1 Å². The first-order chi connectivity index (χ1) is 25.5. The number of carbonyl (C=O) groups is 1. The second-order valence-electron chi connectivity index (χ2n) is 17.0. The van der Waals surface area contributed by atoms with Gasteiger partial charge in [0.05, 0.1) is 0 Å². The van der Waals surface area contributed by atoms with Crippen molar-refractivity contribution in [1.29, 1.82) is 0 Å². The number of aryl methyl sites for hydroxylation is 1. The number of carbonyl (C=O) groups excluding carboxylic acids is 1. The molecule has 6 rings (SSSR count). The van der Waals surface area contributed by atoms with E-state index >= 15 is 0 Å². The molecule has 0 aliphatic carbocycles. The molecule has 0 saturated carbocycles. The fourth-order valence-electron chi connectivity index (χ4n) is 6.96. The van der Waals surface area contributed by atoms with Gasteiger partial charge in [-0.2, -0.15) is 0 Å². The number of aliphatic hydroxyl groups is 1. The second kappa shape index (κ2) is 17.7. The first-order valence-corrected chi connectivity index (χ1v) is 20.6. The third-order valence-corrected chi connectivity index (χ3v) is 13.0. The van der Waals surface area contributed by atoms with Gasteiger partial charge in [-0.25, -0.2) is 0 Å². The monoisotopic (exact) mass is 935 g/mol. The molecular weight excluding hydrogens is 875 g/mol. The number of pyridine rings is 1. The summed E-state index contributed by atoms with van der Waals surface area (Å²) < 4.78 is 7.51. The predicted octanol–water partition coefficient (Wildman–Crippen LogP) is 14.8. The Morgan fingerprint density at radius 1 is 0.891 bits per heavy atom. The molecule has 0 bridgehead atoms. The molecule has 6 aromatic rings. The Morgan fingerprint density at radius 2 is 1.55 bits per heavy atom. The van der Waals surface area contributed by atoms with Gasteiger partial charge < -0.3 is 9.52 Å². The summed E-state index contributed by atoms with van der Waals surface area (Å²) >= 11 is 1.80. The van der Waals surface area contributed by atoms with Gasteiger partial charge in [-0.15, -0.1) is 40.5 Å². The first kappa shape index (κ1) is 44.1. The number of ketones is 1. The van der Waals surface area contributed by atoms with Crippen LogP contribution in [-0.4, -0.2) is 15.9 Å². The molecule has 295 valence electrons. The number of aromatic nitrogens is 1. The zero-order valence-corrected chi connectivity index (χ0v) is 38.2. The fourth-order valence-corrected chi connectivity index (χ4v) is 8.11. The average molecular weight is 935 g/mol. The number of rotatable bonds is 11. The topological polar surface area (TPSA) is 63.3 Å². The van der Waals surface area contributed by atoms with Crippen molar-refractivity contribution in [3.63, 3.8) is 0 Å². The molecule has 1 N–H and O–H groups in total. The van der Waals surface area contributed by atoms with Gasteiger partial charge >= 0.3 is 0 Å². The molecule has 3 heterocycles. The number of hydrogen-bond acceptors (Lipinski definition) is 5. The standard InChI is InChI=1S/C34H32NOS.C15H28O2.Ir/c1-20(2)15-29-21(3)26-12-11-23(18-30(26)36-29)31-19-24-13-14-35-32(33(24)37-31)25-16-22-9-7-8-10-27(22)28(17-25)34(4,5)6;1-7-14(5,8-2)12(16)11-13(17)15(6,9-3)10-4;/h7-14,17-20H,15H2,1-6H3;11,16H,7-10H2,1-6H3;/q-1;;/b;12-11-;. The van der Waals surface area contributed by atoms with Crippen LogP contribution in [0.4, 0.5) is 0 Å². The SMILES string of the molecule is CCC(C)(CC)C(=O)/C=C(\O)C(C)(CC)CC.Cc1c(CC(C)C)oc2cc(-c3cc4ccnc(-c5[c-]c6ccccc6c(C(C)(C)C)c5)c4s3)ccc12.[Ir]. The van der Waals surface area contributed by atoms with Crippen molar-refractivity contribution >= 4 is 48.9 Å². The number of aliphatic hydroxyl groups excluding tert-OH is 1. The van der Waals surface area contributed by atoms with E-state index < -0.39 is 0 Å². The summed E-state index contributed by atoms with van der Waals surface area (Å²) in [5.74, 6) is 1.96. The van der Waals surface area contributed by atoms with Gasteiger partial charge in [-0.3, -0.25) is 9.78 Å². The zero-order valence-electron chi connectivity index (χ0n) is 35.0. The maximum absolute atomic E-state index is 12.2. The molecule has 0 amide bonds. The fraction of sp³-hybridized carbons (Fsp3) is 0.429. The van der Waals surface area contributed by atoms with E-state index in [1.165, 1.54) is 48.5 Å². The molecule has 0 atom stereocenters. The minimum absolute atomic E-state index is 0. The van der Waals surface area contributed by atoms with Crippen molar-refractivity contribution in [1.82, 2.24) is 4.98 Å². The summed E-state index contributed by atoms with van der Waals surface area (Å²) in [6.45, 7) is 25.5. The maximum atomic E-state index is 12.2.